The molecule has 1 amide bonds. The Morgan fingerprint density at radius 1 is 1.02 bits per heavy atom. The first-order chi connectivity index (χ1) is 19.5. The molecular weight excluding hydrogens is 526 g/mol. The quantitative estimate of drug-likeness (QED) is 0.232. The molecule has 0 aliphatic heterocycles. The molecule has 9 nitrogen and oxygen atoms in total. The second-order valence-electron chi connectivity index (χ2n) is 11.6. The zero-order chi connectivity index (χ0) is 27.7. The van der Waals surface area contributed by atoms with Crippen LogP contribution in [0.15, 0.2) is 24.5 Å². The summed E-state index contributed by atoms with van der Waals surface area (Å²) in [7, 11) is 1.99. The van der Waals surface area contributed by atoms with Crippen molar-refractivity contribution in [1.82, 2.24) is 30.4 Å². The van der Waals surface area contributed by atoms with Gasteiger partial charge < -0.3 is 20.7 Å². The van der Waals surface area contributed by atoms with E-state index in [1.54, 1.807) is 6.20 Å². The van der Waals surface area contributed by atoms with Crippen LogP contribution in [0.5, 0.6) is 0 Å². The number of amides is 1. The second-order valence-corrected chi connectivity index (χ2v) is 12.0. The molecule has 2 heterocycles. The van der Waals surface area contributed by atoms with Gasteiger partial charge in [-0.1, -0.05) is 23.8 Å². The average Bonchev–Trinajstić information content (AvgIpc) is 3.69. The Labute approximate surface area is 242 Å². The number of allylic oxidation sites excluding steroid dienone is 2. The van der Waals surface area contributed by atoms with E-state index in [0.717, 1.165) is 94.3 Å². The van der Waals surface area contributed by atoms with E-state index in [1.165, 1.54) is 18.5 Å². The van der Waals surface area contributed by atoms with Crippen LogP contribution < -0.4 is 16.0 Å². The first-order valence-corrected chi connectivity index (χ1v) is 15.6. The molecule has 1 unspecified atom stereocenters. The van der Waals surface area contributed by atoms with Gasteiger partial charge in [-0.05, 0) is 95.9 Å². The first-order valence-electron chi connectivity index (χ1n) is 15.2. The lowest BCUT2D eigenvalue weighted by molar-refractivity contribution is 0.0864. The van der Waals surface area contributed by atoms with Crippen LogP contribution in [0, 0.1) is 5.92 Å². The Hall–Kier alpha value is -2.65. The highest BCUT2D eigenvalue weighted by Crippen LogP contribution is 2.37. The molecule has 1 atom stereocenters. The fourth-order valence-corrected chi connectivity index (χ4v) is 5.96. The van der Waals surface area contributed by atoms with Crippen molar-refractivity contribution in [3.05, 3.63) is 35.3 Å². The Bertz CT molecular complexity index is 1140. The predicted octanol–water partition coefficient (Wildman–Crippen LogP) is 5.80. The SMILES string of the molecule is Cn1ncc(-c2nc(N[C@H]3CC[C@H](NCCCNC(=O)OC4CC/C=C\CCC4)CC3)ncc2Cl)c1CC1CC1. The highest BCUT2D eigenvalue weighted by atomic mass is 35.5. The molecule has 3 aliphatic rings. The van der Waals surface area contributed by atoms with Crippen LogP contribution in [0.4, 0.5) is 10.7 Å². The van der Waals surface area contributed by atoms with E-state index >= 15 is 0 Å². The van der Waals surface area contributed by atoms with Crippen LogP contribution in [0.2, 0.25) is 5.02 Å². The summed E-state index contributed by atoms with van der Waals surface area (Å²) in [4.78, 5) is 21.4. The summed E-state index contributed by atoms with van der Waals surface area (Å²) in [6, 6.07) is 0.835. The Balaban J connectivity index is 1.00. The van der Waals surface area contributed by atoms with Gasteiger partial charge in [-0.3, -0.25) is 4.68 Å². The molecule has 0 radical (unpaired) electrons. The highest BCUT2D eigenvalue weighted by molar-refractivity contribution is 6.32. The minimum Gasteiger partial charge on any atom is -0.446 e. The summed E-state index contributed by atoms with van der Waals surface area (Å²) in [6.07, 6.45) is 21.6. The lowest BCUT2D eigenvalue weighted by Crippen LogP contribution is -2.38. The van der Waals surface area contributed by atoms with Crippen molar-refractivity contribution in [1.29, 1.82) is 0 Å². The third-order valence-corrected chi connectivity index (χ3v) is 8.63. The van der Waals surface area contributed by atoms with E-state index in [4.69, 9.17) is 21.3 Å². The molecular formula is C30H44ClN7O2. The number of halogens is 1. The van der Waals surface area contributed by atoms with Gasteiger partial charge in [0.25, 0.3) is 0 Å². The maximum Gasteiger partial charge on any atom is 0.407 e. The molecule has 0 spiro atoms. The fraction of sp³-hybridized carbons (Fsp3) is 0.667. The number of hydrogen-bond acceptors (Lipinski definition) is 7. The van der Waals surface area contributed by atoms with Gasteiger partial charge in [-0.15, -0.1) is 0 Å². The largest absolute Gasteiger partial charge is 0.446 e. The number of rotatable bonds is 11. The maximum absolute atomic E-state index is 12.1. The molecule has 2 aromatic heterocycles. The fourth-order valence-electron chi connectivity index (χ4n) is 5.77. The maximum atomic E-state index is 12.1. The number of carbonyl (C=O) groups is 1. The van der Waals surface area contributed by atoms with E-state index in [-0.39, 0.29) is 12.2 Å². The summed E-state index contributed by atoms with van der Waals surface area (Å²) >= 11 is 6.54. The lowest BCUT2D eigenvalue weighted by atomic mass is 9.91. The van der Waals surface area contributed by atoms with E-state index in [2.05, 4.69) is 38.2 Å². The van der Waals surface area contributed by atoms with E-state index in [9.17, 15) is 4.79 Å². The van der Waals surface area contributed by atoms with E-state index < -0.39 is 0 Å². The smallest absolute Gasteiger partial charge is 0.407 e. The number of nitrogens with zero attached hydrogens (tertiary/aromatic N) is 4. The zero-order valence-electron chi connectivity index (χ0n) is 23.7. The first kappa shape index (κ1) is 28.9. The normalized spacial score (nSPS) is 24.1. The number of anilines is 1. The molecule has 2 fully saturated rings. The van der Waals surface area contributed by atoms with Crippen LogP contribution >= 0.6 is 11.6 Å². The van der Waals surface area contributed by atoms with Gasteiger partial charge in [0.15, 0.2) is 0 Å². The highest BCUT2D eigenvalue weighted by Gasteiger charge is 2.27. The lowest BCUT2D eigenvalue weighted by Gasteiger charge is -2.30. The predicted molar refractivity (Wildman–Crippen MR) is 158 cm³/mol. The number of ether oxygens (including phenoxy) is 1. The van der Waals surface area contributed by atoms with Crippen molar-refractivity contribution in [2.45, 2.75) is 102 Å². The molecule has 0 saturated heterocycles. The van der Waals surface area contributed by atoms with Crippen LogP contribution in [0.25, 0.3) is 11.3 Å². The van der Waals surface area contributed by atoms with Gasteiger partial charge in [0.1, 0.15) is 6.10 Å². The van der Waals surface area contributed by atoms with Crippen molar-refractivity contribution >= 4 is 23.6 Å². The average molecular weight is 570 g/mol. The Morgan fingerprint density at radius 2 is 1.82 bits per heavy atom. The van der Waals surface area contributed by atoms with Gasteiger partial charge in [0, 0.05) is 36.9 Å². The van der Waals surface area contributed by atoms with Gasteiger partial charge >= 0.3 is 6.09 Å². The molecule has 0 bridgehead atoms. The minimum atomic E-state index is -0.281. The molecule has 3 N–H and O–H groups in total. The molecule has 10 heteroatoms. The molecule has 5 rings (SSSR count). The van der Waals surface area contributed by atoms with Gasteiger partial charge in [-0.2, -0.15) is 5.10 Å². The Morgan fingerprint density at radius 3 is 2.65 bits per heavy atom. The van der Waals surface area contributed by atoms with Crippen LogP contribution in [0.1, 0.15) is 82.7 Å². The summed E-state index contributed by atoms with van der Waals surface area (Å²) in [5.41, 5.74) is 2.97. The van der Waals surface area contributed by atoms with E-state index in [1.807, 2.05) is 17.9 Å². The van der Waals surface area contributed by atoms with Crippen molar-refractivity contribution in [3.8, 4) is 11.3 Å². The van der Waals surface area contributed by atoms with Crippen LogP contribution in [-0.4, -0.2) is 57.1 Å². The molecule has 218 valence electrons. The number of aromatic nitrogens is 4. The third-order valence-electron chi connectivity index (χ3n) is 8.35. The minimum absolute atomic E-state index is 0.0388. The summed E-state index contributed by atoms with van der Waals surface area (Å²) in [6.45, 7) is 1.51. The second kappa shape index (κ2) is 14.3. The molecule has 0 aromatic carbocycles. The summed E-state index contributed by atoms with van der Waals surface area (Å²) in [5, 5.41) is 15.2. The monoisotopic (exact) mass is 569 g/mol. The molecule has 2 aromatic rings. The number of alkyl carbamates (subject to hydrolysis) is 1. The molecule has 2 saturated carbocycles. The van der Waals surface area contributed by atoms with Crippen molar-refractivity contribution in [2.75, 3.05) is 18.4 Å². The summed E-state index contributed by atoms with van der Waals surface area (Å²) in [5.74, 6) is 1.38. The number of aryl methyl sites for hydroxylation is 1. The molecule has 40 heavy (non-hydrogen) atoms. The zero-order valence-corrected chi connectivity index (χ0v) is 24.5. The van der Waals surface area contributed by atoms with Crippen molar-refractivity contribution in [2.24, 2.45) is 13.0 Å². The Kier molecular flexibility index (Phi) is 10.3. The van der Waals surface area contributed by atoms with Crippen molar-refractivity contribution in [3.63, 3.8) is 0 Å². The standard InChI is InChI=1S/C30H44ClN7O2/c1-38-27(18-21-10-11-21)25(19-35-38)28-26(31)20-34-29(37-28)36-23-14-12-22(13-15-23)32-16-7-17-33-30(39)40-24-8-5-3-2-4-6-9-24/h2-3,19-24,32H,4-18H2,1H3,(H,33,39)(H,34,36,37)/b3-2-/t22-,23-,24?. The topological polar surface area (TPSA) is 106 Å². The van der Waals surface area contributed by atoms with Gasteiger partial charge in [0.05, 0.1) is 23.1 Å². The van der Waals surface area contributed by atoms with Crippen molar-refractivity contribution < 1.29 is 9.53 Å². The number of nitrogens with one attached hydrogen (secondary N) is 3. The summed E-state index contributed by atoms with van der Waals surface area (Å²) < 4.78 is 7.57. The van der Waals surface area contributed by atoms with Crippen LogP contribution in [-0.2, 0) is 18.2 Å². The van der Waals surface area contributed by atoms with Gasteiger partial charge in [-0.25, -0.2) is 14.8 Å². The molecule has 3 aliphatic carbocycles. The van der Waals surface area contributed by atoms with E-state index in [0.29, 0.717) is 29.6 Å². The number of carbonyl (C=O) groups excluding carboxylic acids is 1. The number of hydrogen-bond donors (Lipinski definition) is 3. The third kappa shape index (κ3) is 8.43. The van der Waals surface area contributed by atoms with Gasteiger partial charge in [0.2, 0.25) is 5.95 Å². The van der Waals surface area contributed by atoms with Crippen LogP contribution in [0.3, 0.4) is 0 Å².